The third-order valence-corrected chi connectivity index (χ3v) is 3.95. The molecule has 1 unspecified atom stereocenters. The largest absolute Gasteiger partial charge is 0.313 e. The Morgan fingerprint density at radius 3 is 2.37 bits per heavy atom. The number of hydrogen-bond donors (Lipinski definition) is 1. The molecule has 0 fully saturated rings. The van der Waals surface area contributed by atoms with E-state index < -0.39 is 0 Å². The van der Waals surface area contributed by atoms with Crippen molar-refractivity contribution < 1.29 is 0 Å². The maximum absolute atomic E-state index is 4.46. The van der Waals surface area contributed by atoms with Crippen LogP contribution in [-0.4, -0.2) is 46.9 Å². The molecule has 1 aromatic heterocycles. The van der Waals surface area contributed by atoms with E-state index in [0.717, 1.165) is 38.3 Å². The number of likely N-dealkylation sites (N-methyl/N-ethyl adjacent to an activating group) is 1. The molecule has 1 atom stereocenters. The van der Waals surface area contributed by atoms with Crippen LogP contribution in [0.3, 0.4) is 0 Å². The van der Waals surface area contributed by atoms with Crippen LogP contribution in [0, 0.1) is 13.8 Å². The van der Waals surface area contributed by atoms with Gasteiger partial charge in [0.25, 0.3) is 0 Å². The number of aromatic nitrogens is 2. The quantitative estimate of drug-likeness (QED) is 0.780. The molecule has 0 amide bonds. The second-order valence-electron chi connectivity index (χ2n) is 5.36. The summed E-state index contributed by atoms with van der Waals surface area (Å²) in [5.74, 6) is 0. The van der Waals surface area contributed by atoms with Gasteiger partial charge in [-0.1, -0.05) is 13.8 Å². The van der Waals surface area contributed by atoms with E-state index >= 15 is 0 Å². The van der Waals surface area contributed by atoms with E-state index in [1.165, 1.54) is 11.3 Å². The summed E-state index contributed by atoms with van der Waals surface area (Å²) in [6.07, 6.45) is 1.06. The fraction of sp³-hybridized carbons (Fsp3) is 0.800. The Bertz CT molecular complexity index is 380. The second-order valence-corrected chi connectivity index (χ2v) is 5.36. The summed E-state index contributed by atoms with van der Waals surface area (Å²) in [4.78, 5) is 2.46. The molecule has 19 heavy (non-hydrogen) atoms. The van der Waals surface area contributed by atoms with Crippen LogP contribution in [0.4, 0.5) is 0 Å². The first-order valence-corrected chi connectivity index (χ1v) is 7.44. The predicted octanol–water partition coefficient (Wildman–Crippen LogP) is 1.90. The zero-order valence-electron chi connectivity index (χ0n) is 13.5. The van der Waals surface area contributed by atoms with Gasteiger partial charge in [0, 0.05) is 25.3 Å². The highest BCUT2D eigenvalue weighted by Gasteiger charge is 2.10. The van der Waals surface area contributed by atoms with Crippen LogP contribution in [0.15, 0.2) is 0 Å². The molecule has 0 saturated carbocycles. The molecule has 110 valence electrons. The molecular formula is C15H30N4. The zero-order chi connectivity index (χ0) is 14.4. The predicted molar refractivity (Wildman–Crippen MR) is 81.6 cm³/mol. The van der Waals surface area contributed by atoms with Gasteiger partial charge < -0.3 is 10.2 Å². The van der Waals surface area contributed by atoms with Crippen molar-refractivity contribution in [3.8, 4) is 0 Å². The van der Waals surface area contributed by atoms with Gasteiger partial charge in [-0.15, -0.1) is 0 Å². The van der Waals surface area contributed by atoms with Crippen LogP contribution in [-0.2, 0) is 13.5 Å². The van der Waals surface area contributed by atoms with E-state index in [0.29, 0.717) is 6.04 Å². The minimum Gasteiger partial charge on any atom is -0.313 e. The molecular weight excluding hydrogens is 236 g/mol. The van der Waals surface area contributed by atoms with Crippen molar-refractivity contribution in [1.82, 2.24) is 20.0 Å². The highest BCUT2D eigenvalue weighted by Crippen LogP contribution is 2.11. The van der Waals surface area contributed by atoms with Gasteiger partial charge in [0.15, 0.2) is 0 Å². The minimum absolute atomic E-state index is 0.539. The van der Waals surface area contributed by atoms with Crippen LogP contribution in [0.2, 0.25) is 0 Å². The molecule has 1 heterocycles. The Hall–Kier alpha value is -0.870. The lowest BCUT2D eigenvalue weighted by Crippen LogP contribution is -2.39. The Balaban J connectivity index is 2.37. The van der Waals surface area contributed by atoms with Crippen LogP contribution in [0.1, 0.15) is 37.7 Å². The topological polar surface area (TPSA) is 33.1 Å². The third-order valence-electron chi connectivity index (χ3n) is 3.95. The maximum atomic E-state index is 4.46. The fourth-order valence-electron chi connectivity index (χ4n) is 2.56. The molecule has 0 spiro atoms. The van der Waals surface area contributed by atoms with Gasteiger partial charge in [0.2, 0.25) is 0 Å². The summed E-state index contributed by atoms with van der Waals surface area (Å²) in [7, 11) is 2.02. The summed E-state index contributed by atoms with van der Waals surface area (Å²) >= 11 is 0. The lowest BCUT2D eigenvalue weighted by molar-refractivity contribution is 0.272. The van der Waals surface area contributed by atoms with Gasteiger partial charge in [-0.3, -0.25) is 4.68 Å². The van der Waals surface area contributed by atoms with Crippen LogP contribution < -0.4 is 5.32 Å². The Kier molecular flexibility index (Phi) is 6.52. The molecule has 4 heteroatoms. The van der Waals surface area contributed by atoms with Crippen LogP contribution in [0.25, 0.3) is 0 Å². The average molecular weight is 266 g/mol. The Labute approximate surface area is 118 Å². The first-order chi connectivity index (χ1) is 8.99. The van der Waals surface area contributed by atoms with E-state index in [-0.39, 0.29) is 0 Å². The van der Waals surface area contributed by atoms with Crippen molar-refractivity contribution in [2.75, 3.05) is 26.2 Å². The highest BCUT2D eigenvalue weighted by molar-refractivity contribution is 5.24. The first kappa shape index (κ1) is 16.2. The van der Waals surface area contributed by atoms with E-state index in [1.807, 2.05) is 11.7 Å². The van der Waals surface area contributed by atoms with Crippen LogP contribution in [0.5, 0.6) is 0 Å². The molecule has 1 N–H and O–H groups in total. The minimum atomic E-state index is 0.539. The molecule has 0 aliphatic heterocycles. The molecule has 0 aliphatic carbocycles. The smallest absolute Gasteiger partial charge is 0.0628 e. The van der Waals surface area contributed by atoms with Crippen molar-refractivity contribution >= 4 is 0 Å². The second kappa shape index (κ2) is 7.65. The molecule has 4 nitrogen and oxygen atoms in total. The lowest BCUT2D eigenvalue weighted by atomic mass is 10.1. The number of aryl methyl sites for hydroxylation is 2. The van der Waals surface area contributed by atoms with Crippen LogP contribution >= 0.6 is 0 Å². The van der Waals surface area contributed by atoms with Gasteiger partial charge in [0.05, 0.1) is 5.69 Å². The van der Waals surface area contributed by atoms with E-state index in [9.17, 15) is 0 Å². The molecule has 1 rings (SSSR count). The molecule has 0 radical (unpaired) electrons. The third kappa shape index (κ3) is 4.62. The van der Waals surface area contributed by atoms with Crippen molar-refractivity contribution in [3.63, 3.8) is 0 Å². The number of rotatable bonds is 8. The van der Waals surface area contributed by atoms with E-state index in [4.69, 9.17) is 0 Å². The SMILES string of the molecule is CCN(CC)CC(C)NCCc1c(C)nn(C)c1C. The Morgan fingerprint density at radius 2 is 1.89 bits per heavy atom. The number of hydrogen-bond acceptors (Lipinski definition) is 3. The Morgan fingerprint density at radius 1 is 1.26 bits per heavy atom. The maximum Gasteiger partial charge on any atom is 0.0628 e. The lowest BCUT2D eigenvalue weighted by Gasteiger charge is -2.23. The highest BCUT2D eigenvalue weighted by atomic mass is 15.3. The van der Waals surface area contributed by atoms with Gasteiger partial charge in [0.1, 0.15) is 0 Å². The van der Waals surface area contributed by atoms with Crippen molar-refractivity contribution in [2.45, 2.75) is 47.1 Å². The summed E-state index contributed by atoms with van der Waals surface area (Å²) in [6.45, 7) is 15.4. The summed E-state index contributed by atoms with van der Waals surface area (Å²) in [5, 5.41) is 8.08. The number of nitrogens with one attached hydrogen (secondary N) is 1. The monoisotopic (exact) mass is 266 g/mol. The van der Waals surface area contributed by atoms with Crippen molar-refractivity contribution in [1.29, 1.82) is 0 Å². The van der Waals surface area contributed by atoms with E-state index in [1.54, 1.807) is 0 Å². The van der Waals surface area contributed by atoms with E-state index in [2.05, 4.69) is 49.9 Å². The van der Waals surface area contributed by atoms with Gasteiger partial charge in [-0.25, -0.2) is 0 Å². The zero-order valence-corrected chi connectivity index (χ0v) is 13.5. The molecule has 1 aromatic rings. The summed E-state index contributed by atoms with van der Waals surface area (Å²) in [5.41, 5.74) is 3.85. The fourth-order valence-corrected chi connectivity index (χ4v) is 2.56. The van der Waals surface area contributed by atoms with Crippen molar-refractivity contribution in [3.05, 3.63) is 17.0 Å². The molecule has 0 aromatic carbocycles. The number of nitrogens with zero attached hydrogens (tertiary/aromatic N) is 3. The van der Waals surface area contributed by atoms with Gasteiger partial charge in [-0.2, -0.15) is 5.10 Å². The first-order valence-electron chi connectivity index (χ1n) is 7.44. The summed E-state index contributed by atoms with van der Waals surface area (Å²) in [6, 6.07) is 0.539. The standard InChI is InChI=1S/C15H30N4/c1-7-19(8-2)11-12(3)16-10-9-15-13(4)17-18(6)14(15)5/h12,16H,7-11H2,1-6H3. The molecule has 0 bridgehead atoms. The van der Waals surface area contributed by atoms with Gasteiger partial charge >= 0.3 is 0 Å². The van der Waals surface area contributed by atoms with Crippen molar-refractivity contribution in [2.24, 2.45) is 7.05 Å². The molecule has 0 aliphatic rings. The normalized spacial score (nSPS) is 13.2. The summed E-state index contributed by atoms with van der Waals surface area (Å²) < 4.78 is 1.98. The molecule has 0 saturated heterocycles. The average Bonchev–Trinajstić information content (AvgIpc) is 2.62. The van der Waals surface area contributed by atoms with Gasteiger partial charge in [-0.05, 0) is 52.4 Å².